The van der Waals surface area contributed by atoms with E-state index >= 15 is 0 Å². The molecule has 3 heterocycles. The highest BCUT2D eigenvalue weighted by molar-refractivity contribution is 7.15. The zero-order chi connectivity index (χ0) is 18.3. The van der Waals surface area contributed by atoms with Crippen LogP contribution in [0.2, 0.25) is 0 Å². The molecule has 0 fully saturated rings. The quantitative estimate of drug-likeness (QED) is 0.693. The maximum atomic E-state index is 12.8. The van der Waals surface area contributed by atoms with Crippen LogP contribution in [-0.4, -0.2) is 38.1 Å². The number of aryl methyl sites for hydroxylation is 3. The first-order chi connectivity index (χ1) is 12.5. The molecule has 1 amide bonds. The maximum Gasteiger partial charge on any atom is 0.226 e. The number of amides is 1. The van der Waals surface area contributed by atoms with Crippen LogP contribution in [0.1, 0.15) is 34.3 Å². The minimum atomic E-state index is -0.0704. The topological polar surface area (TPSA) is 98.2 Å². The highest BCUT2D eigenvalue weighted by Crippen LogP contribution is 2.37. The van der Waals surface area contributed by atoms with Crippen LogP contribution in [0.4, 0.5) is 0 Å². The second kappa shape index (κ2) is 6.64. The van der Waals surface area contributed by atoms with Gasteiger partial charge in [-0.3, -0.25) is 4.79 Å². The lowest BCUT2D eigenvalue weighted by atomic mass is 9.90. The van der Waals surface area contributed by atoms with Crippen molar-refractivity contribution in [2.45, 2.75) is 39.7 Å². The van der Waals surface area contributed by atoms with Crippen LogP contribution in [-0.2, 0) is 24.2 Å². The fraction of sp³-hybridized carbons (Fsp3) is 0.471. The summed E-state index contributed by atoms with van der Waals surface area (Å²) in [6.07, 6.45) is 3.62. The molecule has 0 saturated carbocycles. The molecule has 0 bridgehead atoms. The first kappa shape index (κ1) is 16.9. The highest BCUT2D eigenvalue weighted by Gasteiger charge is 2.30. The van der Waals surface area contributed by atoms with E-state index in [1.165, 1.54) is 11.3 Å². The fourth-order valence-corrected chi connectivity index (χ4v) is 4.60. The number of hydrogen-bond donors (Lipinski definition) is 0. The summed E-state index contributed by atoms with van der Waals surface area (Å²) < 4.78 is 9.98. The SMILES string of the molecule is Cc1noc(C)c1-c1nc2c(s1)CCC(C(=O)N(C)Cc1ncon1)C2. The fourth-order valence-electron chi connectivity index (χ4n) is 3.35. The molecule has 26 heavy (non-hydrogen) atoms. The standard InChI is InChI=1S/C17H19N5O3S/c1-9-15(10(2)25-20-9)16-19-12-6-11(4-5-13(12)26-16)17(23)22(3)7-14-18-8-24-21-14/h8,11H,4-7H2,1-3H3. The van der Waals surface area contributed by atoms with Gasteiger partial charge in [-0.25, -0.2) is 4.98 Å². The van der Waals surface area contributed by atoms with Crippen LogP contribution in [0.25, 0.3) is 10.6 Å². The second-order valence-electron chi connectivity index (χ2n) is 6.57. The molecular formula is C17H19N5O3S. The summed E-state index contributed by atoms with van der Waals surface area (Å²) in [6.45, 7) is 4.17. The molecule has 3 aromatic rings. The Balaban J connectivity index is 1.50. The molecule has 0 saturated heterocycles. The third kappa shape index (κ3) is 3.03. The molecule has 9 heteroatoms. The normalized spacial score (nSPS) is 16.5. The summed E-state index contributed by atoms with van der Waals surface area (Å²) in [5.41, 5.74) is 2.84. The van der Waals surface area contributed by atoms with E-state index in [9.17, 15) is 4.79 Å². The Labute approximate surface area is 154 Å². The Morgan fingerprint density at radius 1 is 1.38 bits per heavy atom. The van der Waals surface area contributed by atoms with Crippen molar-refractivity contribution in [3.63, 3.8) is 0 Å². The number of carbonyl (C=O) groups excluding carboxylic acids is 1. The summed E-state index contributed by atoms with van der Waals surface area (Å²) in [4.78, 5) is 24.4. The molecule has 1 aliphatic rings. The van der Waals surface area contributed by atoms with Crippen molar-refractivity contribution >= 4 is 17.2 Å². The average molecular weight is 373 g/mol. The van der Waals surface area contributed by atoms with Gasteiger partial charge in [-0.1, -0.05) is 10.3 Å². The van der Waals surface area contributed by atoms with Crippen molar-refractivity contribution in [1.82, 2.24) is 25.2 Å². The monoisotopic (exact) mass is 373 g/mol. The number of thiazole rings is 1. The minimum Gasteiger partial charge on any atom is -0.361 e. The van der Waals surface area contributed by atoms with Gasteiger partial charge in [0.25, 0.3) is 0 Å². The molecule has 0 aliphatic heterocycles. The van der Waals surface area contributed by atoms with Gasteiger partial charge in [-0.05, 0) is 26.7 Å². The maximum absolute atomic E-state index is 12.8. The third-order valence-corrected chi connectivity index (χ3v) is 5.87. The summed E-state index contributed by atoms with van der Waals surface area (Å²) in [6, 6.07) is 0. The summed E-state index contributed by atoms with van der Waals surface area (Å²) in [7, 11) is 1.77. The van der Waals surface area contributed by atoms with Crippen molar-refractivity contribution in [3.05, 3.63) is 34.2 Å². The Kier molecular flexibility index (Phi) is 4.31. The Bertz CT molecular complexity index is 911. The van der Waals surface area contributed by atoms with Crippen LogP contribution in [0, 0.1) is 19.8 Å². The van der Waals surface area contributed by atoms with Crippen molar-refractivity contribution < 1.29 is 13.8 Å². The van der Waals surface area contributed by atoms with Crippen LogP contribution < -0.4 is 0 Å². The lowest BCUT2D eigenvalue weighted by Crippen LogP contribution is -2.35. The summed E-state index contributed by atoms with van der Waals surface area (Å²) >= 11 is 1.68. The Morgan fingerprint density at radius 3 is 2.92 bits per heavy atom. The zero-order valence-corrected chi connectivity index (χ0v) is 15.7. The molecule has 0 aromatic carbocycles. The van der Waals surface area contributed by atoms with Crippen LogP contribution in [0.5, 0.6) is 0 Å². The van der Waals surface area contributed by atoms with E-state index in [0.29, 0.717) is 18.8 Å². The molecule has 0 radical (unpaired) electrons. The second-order valence-corrected chi connectivity index (χ2v) is 7.65. The number of carbonyl (C=O) groups is 1. The molecule has 8 nitrogen and oxygen atoms in total. The van der Waals surface area contributed by atoms with Gasteiger partial charge in [0.15, 0.2) is 5.82 Å². The first-order valence-electron chi connectivity index (χ1n) is 8.45. The lowest BCUT2D eigenvalue weighted by Gasteiger charge is -2.25. The summed E-state index contributed by atoms with van der Waals surface area (Å²) in [5, 5.41) is 8.70. The van der Waals surface area contributed by atoms with Crippen molar-refractivity contribution in [2.75, 3.05) is 7.05 Å². The van der Waals surface area contributed by atoms with Gasteiger partial charge in [0, 0.05) is 24.3 Å². The van der Waals surface area contributed by atoms with Gasteiger partial charge in [0.1, 0.15) is 10.8 Å². The van der Waals surface area contributed by atoms with Gasteiger partial charge in [0.2, 0.25) is 12.3 Å². The smallest absolute Gasteiger partial charge is 0.226 e. The predicted molar refractivity (Wildman–Crippen MR) is 93.4 cm³/mol. The third-order valence-electron chi connectivity index (χ3n) is 4.70. The zero-order valence-electron chi connectivity index (χ0n) is 14.9. The molecule has 1 atom stereocenters. The van der Waals surface area contributed by atoms with E-state index in [2.05, 4.69) is 15.3 Å². The average Bonchev–Trinajstić information content (AvgIpc) is 3.34. The number of hydrogen-bond acceptors (Lipinski definition) is 8. The van der Waals surface area contributed by atoms with Crippen molar-refractivity contribution in [1.29, 1.82) is 0 Å². The largest absolute Gasteiger partial charge is 0.361 e. The molecule has 1 aliphatic carbocycles. The molecule has 4 rings (SSSR count). The number of aromatic nitrogens is 4. The van der Waals surface area contributed by atoms with Crippen molar-refractivity contribution in [3.8, 4) is 10.6 Å². The van der Waals surface area contributed by atoms with Gasteiger partial charge in [0.05, 0.1) is 23.5 Å². The summed E-state index contributed by atoms with van der Waals surface area (Å²) in [5.74, 6) is 1.30. The molecular weight excluding hydrogens is 354 g/mol. The Hall–Kier alpha value is -2.55. The van der Waals surface area contributed by atoms with Gasteiger partial charge >= 0.3 is 0 Å². The van der Waals surface area contributed by atoms with E-state index in [0.717, 1.165) is 40.6 Å². The number of rotatable bonds is 4. The van der Waals surface area contributed by atoms with Crippen LogP contribution in [0.15, 0.2) is 15.4 Å². The number of nitrogens with zero attached hydrogens (tertiary/aromatic N) is 5. The van der Waals surface area contributed by atoms with E-state index in [4.69, 9.17) is 14.0 Å². The van der Waals surface area contributed by atoms with Gasteiger partial charge < -0.3 is 13.9 Å². The highest BCUT2D eigenvalue weighted by atomic mass is 32.1. The number of fused-ring (bicyclic) bond motifs is 1. The van der Waals surface area contributed by atoms with E-state index in [1.54, 1.807) is 23.3 Å². The molecule has 0 spiro atoms. The molecule has 1 unspecified atom stereocenters. The van der Waals surface area contributed by atoms with E-state index in [1.807, 2.05) is 13.8 Å². The Morgan fingerprint density at radius 2 is 2.23 bits per heavy atom. The lowest BCUT2D eigenvalue weighted by molar-refractivity contribution is -0.135. The first-order valence-corrected chi connectivity index (χ1v) is 9.26. The van der Waals surface area contributed by atoms with Crippen LogP contribution >= 0.6 is 11.3 Å². The molecule has 3 aromatic heterocycles. The molecule has 0 N–H and O–H groups in total. The van der Waals surface area contributed by atoms with E-state index < -0.39 is 0 Å². The van der Waals surface area contributed by atoms with Gasteiger partial charge in [-0.15, -0.1) is 11.3 Å². The van der Waals surface area contributed by atoms with E-state index in [-0.39, 0.29) is 11.8 Å². The molecule has 136 valence electrons. The van der Waals surface area contributed by atoms with Crippen LogP contribution in [0.3, 0.4) is 0 Å². The van der Waals surface area contributed by atoms with Crippen molar-refractivity contribution in [2.24, 2.45) is 5.92 Å². The minimum absolute atomic E-state index is 0.0704. The predicted octanol–water partition coefficient (Wildman–Crippen LogP) is 2.56. The van der Waals surface area contributed by atoms with Gasteiger partial charge in [-0.2, -0.15) is 4.98 Å².